The molecular formula is C11H7Cl3FN3O4. The number of nitrogens with zero attached hydrogens (tertiary/aromatic N) is 1. The number of carbonyl (C=O) groups is 1. The van der Waals surface area contributed by atoms with Crippen molar-refractivity contribution in [1.82, 2.24) is 14.9 Å². The van der Waals surface area contributed by atoms with Gasteiger partial charge in [0.25, 0.3) is 11.5 Å². The number of halogens is 4. The summed E-state index contributed by atoms with van der Waals surface area (Å²) in [5.74, 6) is -2.21. The van der Waals surface area contributed by atoms with Gasteiger partial charge in [-0.05, 0) is 12.1 Å². The highest BCUT2D eigenvalue weighted by molar-refractivity contribution is 6.67. The Hall–Kier alpha value is -1.77. The Bertz CT molecular complexity index is 794. The van der Waals surface area contributed by atoms with E-state index in [1.807, 2.05) is 0 Å². The Balaban J connectivity index is 2.44. The summed E-state index contributed by atoms with van der Waals surface area (Å²) in [5, 5.41) is 2.21. The average Bonchev–Trinajstić information content (AvgIpc) is 2.93. The summed E-state index contributed by atoms with van der Waals surface area (Å²) in [6, 6.07) is 2.78. The quantitative estimate of drug-likeness (QED) is 0.801. The van der Waals surface area contributed by atoms with Crippen molar-refractivity contribution >= 4 is 40.7 Å². The van der Waals surface area contributed by atoms with Crippen LogP contribution in [0.3, 0.4) is 0 Å². The topological polar surface area (TPSA) is 97.1 Å². The minimum Gasteiger partial charge on any atom is -0.459 e. The number of H-pyrrole nitrogens is 1. The van der Waals surface area contributed by atoms with E-state index >= 15 is 0 Å². The monoisotopic (exact) mass is 369 g/mol. The molecule has 1 amide bonds. The lowest BCUT2D eigenvalue weighted by Crippen LogP contribution is -2.46. The molecular weight excluding hydrogens is 363 g/mol. The second-order valence-electron chi connectivity index (χ2n) is 4.04. The van der Waals surface area contributed by atoms with E-state index in [1.54, 1.807) is 4.98 Å². The number of aromatic nitrogens is 2. The predicted octanol–water partition coefficient (Wildman–Crippen LogP) is 1.57. The third kappa shape index (κ3) is 3.52. The van der Waals surface area contributed by atoms with Crippen molar-refractivity contribution in [2.24, 2.45) is 0 Å². The van der Waals surface area contributed by atoms with E-state index < -0.39 is 32.9 Å². The predicted molar refractivity (Wildman–Crippen MR) is 76.8 cm³/mol. The Morgan fingerprint density at radius 1 is 1.41 bits per heavy atom. The van der Waals surface area contributed by atoms with Crippen LogP contribution in [0.1, 0.15) is 16.7 Å². The average molecular weight is 371 g/mol. The van der Waals surface area contributed by atoms with Gasteiger partial charge in [0.2, 0.25) is 9.61 Å². The van der Waals surface area contributed by atoms with Crippen LogP contribution >= 0.6 is 34.8 Å². The highest BCUT2D eigenvalue weighted by atomic mass is 35.6. The van der Waals surface area contributed by atoms with Gasteiger partial charge < -0.3 is 9.73 Å². The molecule has 0 saturated carbocycles. The summed E-state index contributed by atoms with van der Waals surface area (Å²) in [6.45, 7) is 0. The smallest absolute Gasteiger partial charge is 0.330 e. The van der Waals surface area contributed by atoms with E-state index in [-0.39, 0.29) is 5.76 Å². The van der Waals surface area contributed by atoms with Gasteiger partial charge in [0.15, 0.2) is 11.9 Å². The molecule has 0 fully saturated rings. The van der Waals surface area contributed by atoms with Gasteiger partial charge >= 0.3 is 5.69 Å². The Morgan fingerprint density at radius 3 is 2.64 bits per heavy atom. The largest absolute Gasteiger partial charge is 0.459 e. The summed E-state index contributed by atoms with van der Waals surface area (Å²) in [6.07, 6.45) is 0.176. The Kier molecular flexibility index (Phi) is 4.64. The molecule has 0 aliphatic rings. The maximum absolute atomic E-state index is 13.4. The summed E-state index contributed by atoms with van der Waals surface area (Å²) in [4.78, 5) is 36.4. The lowest BCUT2D eigenvalue weighted by atomic mass is 10.4. The molecule has 11 heteroatoms. The molecule has 2 heterocycles. The number of carbonyl (C=O) groups excluding carboxylic acids is 1. The number of nitrogens with one attached hydrogen (secondary N) is 2. The molecule has 2 rings (SSSR count). The van der Waals surface area contributed by atoms with Crippen LogP contribution in [0, 0.1) is 5.82 Å². The van der Waals surface area contributed by atoms with Gasteiger partial charge in [-0.25, -0.2) is 4.79 Å². The van der Waals surface area contributed by atoms with Crippen molar-refractivity contribution in [2.45, 2.75) is 9.96 Å². The third-order valence-corrected chi connectivity index (χ3v) is 3.15. The van der Waals surface area contributed by atoms with E-state index in [0.717, 1.165) is 0 Å². The van der Waals surface area contributed by atoms with Gasteiger partial charge in [0, 0.05) is 0 Å². The van der Waals surface area contributed by atoms with Gasteiger partial charge in [0.05, 0.1) is 12.5 Å². The van der Waals surface area contributed by atoms with Crippen LogP contribution in [0.25, 0.3) is 0 Å². The molecule has 2 N–H and O–H groups in total. The molecule has 118 valence electrons. The van der Waals surface area contributed by atoms with Crippen molar-refractivity contribution in [3.63, 3.8) is 0 Å². The normalized spacial score (nSPS) is 12.9. The van der Waals surface area contributed by atoms with Crippen molar-refractivity contribution in [2.75, 3.05) is 0 Å². The van der Waals surface area contributed by atoms with Gasteiger partial charge in [-0.3, -0.25) is 19.1 Å². The van der Waals surface area contributed by atoms with Crippen LogP contribution in [0.4, 0.5) is 4.39 Å². The molecule has 0 radical (unpaired) electrons. The number of amides is 1. The van der Waals surface area contributed by atoms with Crippen LogP contribution in [0.15, 0.2) is 38.6 Å². The molecule has 0 unspecified atom stereocenters. The minimum atomic E-state index is -2.21. The first-order valence-electron chi connectivity index (χ1n) is 5.62. The van der Waals surface area contributed by atoms with Crippen molar-refractivity contribution in [3.05, 3.63) is 57.0 Å². The van der Waals surface area contributed by atoms with Gasteiger partial charge in [-0.1, -0.05) is 34.8 Å². The second-order valence-corrected chi connectivity index (χ2v) is 6.41. The zero-order valence-corrected chi connectivity index (χ0v) is 12.7. The molecule has 2 aromatic rings. The maximum Gasteiger partial charge on any atom is 0.330 e. The van der Waals surface area contributed by atoms with E-state index in [1.165, 1.54) is 18.4 Å². The first-order valence-corrected chi connectivity index (χ1v) is 6.75. The van der Waals surface area contributed by atoms with E-state index in [9.17, 15) is 18.8 Å². The van der Waals surface area contributed by atoms with E-state index in [0.29, 0.717) is 10.8 Å². The number of hydrogen-bond donors (Lipinski definition) is 2. The van der Waals surface area contributed by atoms with Crippen LogP contribution in [0.2, 0.25) is 0 Å². The lowest BCUT2D eigenvalue weighted by molar-refractivity contribution is 0.0890. The SMILES string of the molecule is O=C(N[C@@H](n1cc(F)c(=O)[nH]c1=O)C(Cl)(Cl)Cl)c1ccco1. The second kappa shape index (κ2) is 6.15. The molecule has 2 aromatic heterocycles. The molecule has 1 atom stereocenters. The summed E-state index contributed by atoms with van der Waals surface area (Å²) < 4.78 is 16.5. The zero-order chi connectivity index (χ0) is 16.5. The van der Waals surface area contributed by atoms with Crippen molar-refractivity contribution in [3.8, 4) is 0 Å². The molecule has 0 aromatic carbocycles. The number of hydrogen-bond acceptors (Lipinski definition) is 4. The fourth-order valence-corrected chi connectivity index (χ4v) is 2.04. The van der Waals surface area contributed by atoms with Gasteiger partial charge in [-0.15, -0.1) is 0 Å². The zero-order valence-electron chi connectivity index (χ0n) is 10.5. The highest BCUT2D eigenvalue weighted by Gasteiger charge is 2.37. The highest BCUT2D eigenvalue weighted by Crippen LogP contribution is 2.36. The number of alkyl halides is 3. The van der Waals surface area contributed by atoms with Gasteiger partial charge in [-0.2, -0.15) is 4.39 Å². The van der Waals surface area contributed by atoms with E-state index in [4.69, 9.17) is 39.2 Å². The van der Waals surface area contributed by atoms with Crippen LogP contribution in [-0.4, -0.2) is 19.3 Å². The molecule has 0 aliphatic carbocycles. The van der Waals surface area contributed by atoms with Crippen molar-refractivity contribution in [1.29, 1.82) is 0 Å². The maximum atomic E-state index is 13.4. The Labute approximate surface area is 136 Å². The lowest BCUT2D eigenvalue weighted by Gasteiger charge is -2.26. The van der Waals surface area contributed by atoms with Crippen LogP contribution in [0.5, 0.6) is 0 Å². The summed E-state index contributed by atoms with van der Waals surface area (Å²) >= 11 is 17.1. The fraction of sp³-hybridized carbons (Fsp3) is 0.182. The minimum absolute atomic E-state index is 0.114. The van der Waals surface area contributed by atoms with E-state index in [2.05, 4.69) is 5.32 Å². The molecule has 0 spiro atoms. The van der Waals surface area contributed by atoms with Crippen LogP contribution in [-0.2, 0) is 0 Å². The molecule has 22 heavy (non-hydrogen) atoms. The summed E-state index contributed by atoms with van der Waals surface area (Å²) in [7, 11) is 0. The number of furan rings is 1. The number of rotatable bonds is 3. The first kappa shape index (κ1) is 16.6. The molecule has 0 aliphatic heterocycles. The van der Waals surface area contributed by atoms with Gasteiger partial charge in [0.1, 0.15) is 0 Å². The fourth-order valence-electron chi connectivity index (χ4n) is 1.56. The Morgan fingerprint density at radius 2 is 2.09 bits per heavy atom. The molecule has 0 bridgehead atoms. The molecule has 0 saturated heterocycles. The number of aromatic amines is 1. The van der Waals surface area contributed by atoms with Crippen molar-refractivity contribution < 1.29 is 13.6 Å². The van der Waals surface area contributed by atoms with Crippen LogP contribution < -0.4 is 16.6 Å². The standard InChI is InChI=1S/C11H7Cl3FN3O4/c12-11(13,14)9(16-8(20)6-2-1-3-22-6)18-4-5(15)7(19)17-10(18)21/h1-4,9H,(H,16,20)(H,17,19,21)/t9-/m0/s1. The first-order chi connectivity index (χ1) is 10.2. The third-order valence-electron chi connectivity index (χ3n) is 2.53. The summed E-state index contributed by atoms with van der Waals surface area (Å²) in [5.41, 5.74) is -2.30. The molecule has 7 nitrogen and oxygen atoms in total.